The molecule has 2 aliphatic rings. The molecule has 2 heterocycles. The third-order valence-corrected chi connectivity index (χ3v) is 7.69. The lowest BCUT2D eigenvalue weighted by Crippen LogP contribution is -2.44. The second kappa shape index (κ2) is 10.5. The smallest absolute Gasteiger partial charge is 0.300 e. The summed E-state index contributed by atoms with van der Waals surface area (Å²) in [5.74, 6) is -1.18. The average Bonchev–Trinajstić information content (AvgIpc) is 3.19. The van der Waals surface area contributed by atoms with Crippen LogP contribution in [0.4, 0.5) is 11.4 Å². The molecule has 5 rings (SSSR count). The van der Waals surface area contributed by atoms with E-state index in [0.29, 0.717) is 27.0 Å². The van der Waals surface area contributed by atoms with E-state index in [4.69, 9.17) is 4.74 Å². The summed E-state index contributed by atoms with van der Waals surface area (Å²) in [6.07, 6.45) is 0. The number of phenolic OH excluding ortho intramolecular Hbond substituents is 1. The van der Waals surface area contributed by atoms with Crippen LogP contribution in [-0.4, -0.2) is 67.1 Å². The molecule has 196 valence electrons. The maximum Gasteiger partial charge on any atom is 0.300 e. The van der Waals surface area contributed by atoms with E-state index in [0.717, 1.165) is 31.9 Å². The number of hydrogen-bond acceptors (Lipinski definition) is 7. The number of nitrogens with zero attached hydrogens (tertiary/aromatic N) is 3. The fourth-order valence-corrected chi connectivity index (χ4v) is 5.47. The quantitative estimate of drug-likeness (QED) is 0.261. The SMILES string of the molecule is COc1ccc(/C(O)=C2/C(=O)C(=O)N(c3ccc(N4CCN(C)CC4)cc3)C2c2ccc(O)cc2)cc1Br. The first kappa shape index (κ1) is 25.8. The first-order valence-electron chi connectivity index (χ1n) is 12.3. The van der Waals surface area contributed by atoms with Gasteiger partial charge in [-0.1, -0.05) is 12.1 Å². The number of piperazine rings is 1. The number of halogens is 1. The lowest BCUT2D eigenvalue weighted by atomic mass is 9.95. The highest BCUT2D eigenvalue weighted by Gasteiger charge is 2.47. The minimum atomic E-state index is -0.883. The normalized spacial score (nSPS) is 19.7. The zero-order valence-electron chi connectivity index (χ0n) is 21.1. The van der Waals surface area contributed by atoms with Gasteiger partial charge >= 0.3 is 0 Å². The molecule has 3 aromatic carbocycles. The summed E-state index contributed by atoms with van der Waals surface area (Å²) in [4.78, 5) is 32.8. The number of benzene rings is 3. The van der Waals surface area contributed by atoms with Crippen molar-refractivity contribution < 1.29 is 24.5 Å². The van der Waals surface area contributed by atoms with Crippen molar-refractivity contribution in [3.05, 3.63) is 87.9 Å². The number of ketones is 1. The number of Topliss-reactive ketones (excluding diaryl/α,β-unsaturated/α-hetero) is 1. The van der Waals surface area contributed by atoms with Crippen LogP contribution in [0.3, 0.4) is 0 Å². The molecule has 0 saturated carbocycles. The van der Waals surface area contributed by atoms with Gasteiger partial charge in [-0.25, -0.2) is 0 Å². The highest BCUT2D eigenvalue weighted by atomic mass is 79.9. The Morgan fingerprint density at radius 3 is 2.16 bits per heavy atom. The Balaban J connectivity index is 1.58. The number of aliphatic hydroxyl groups is 1. The van der Waals surface area contributed by atoms with E-state index in [-0.39, 0.29) is 17.1 Å². The number of anilines is 2. The molecule has 1 amide bonds. The molecule has 0 spiro atoms. The van der Waals surface area contributed by atoms with Gasteiger partial charge in [0.25, 0.3) is 11.7 Å². The van der Waals surface area contributed by atoms with Crippen molar-refractivity contribution in [3.63, 3.8) is 0 Å². The Hall–Kier alpha value is -3.82. The van der Waals surface area contributed by atoms with Crippen molar-refractivity contribution in [2.45, 2.75) is 6.04 Å². The molecule has 0 radical (unpaired) electrons. The Morgan fingerprint density at radius 1 is 0.921 bits per heavy atom. The number of methoxy groups -OCH3 is 1. The standard InChI is InChI=1S/C29H28BrN3O5/c1-31-13-15-32(16-14-31)20-6-8-21(9-7-20)33-26(18-3-10-22(34)11-4-18)25(28(36)29(33)37)27(35)19-5-12-24(38-2)23(30)17-19/h3-12,17,26,34-35H,13-16H2,1-2H3/b27-25-. The Morgan fingerprint density at radius 2 is 1.55 bits per heavy atom. The minimum absolute atomic E-state index is 0.0269. The number of amides is 1. The summed E-state index contributed by atoms with van der Waals surface area (Å²) in [7, 11) is 3.63. The number of carbonyl (C=O) groups excluding carboxylic acids is 2. The number of rotatable bonds is 5. The van der Waals surface area contributed by atoms with Gasteiger partial charge in [-0.15, -0.1) is 0 Å². The largest absolute Gasteiger partial charge is 0.508 e. The number of ether oxygens (including phenoxy) is 1. The van der Waals surface area contributed by atoms with Crippen LogP contribution in [0.25, 0.3) is 5.76 Å². The van der Waals surface area contributed by atoms with Gasteiger partial charge in [0.05, 0.1) is 23.2 Å². The van der Waals surface area contributed by atoms with E-state index in [2.05, 4.69) is 32.8 Å². The van der Waals surface area contributed by atoms with Gasteiger partial charge in [-0.3, -0.25) is 14.5 Å². The minimum Gasteiger partial charge on any atom is -0.508 e. The van der Waals surface area contributed by atoms with Crippen LogP contribution >= 0.6 is 15.9 Å². The monoisotopic (exact) mass is 577 g/mol. The van der Waals surface area contributed by atoms with E-state index in [9.17, 15) is 19.8 Å². The maximum atomic E-state index is 13.4. The summed E-state index contributed by atoms with van der Waals surface area (Å²) < 4.78 is 5.87. The molecule has 1 unspecified atom stereocenters. The molecule has 3 aromatic rings. The van der Waals surface area contributed by atoms with E-state index < -0.39 is 17.7 Å². The molecule has 9 heteroatoms. The van der Waals surface area contributed by atoms with Crippen LogP contribution in [0.5, 0.6) is 11.5 Å². The predicted molar refractivity (Wildman–Crippen MR) is 150 cm³/mol. The molecule has 0 bridgehead atoms. The molecule has 2 saturated heterocycles. The summed E-state index contributed by atoms with van der Waals surface area (Å²) in [5.41, 5.74) is 2.51. The van der Waals surface area contributed by atoms with Crippen molar-refractivity contribution in [3.8, 4) is 11.5 Å². The zero-order chi connectivity index (χ0) is 27.0. The third kappa shape index (κ3) is 4.75. The molecule has 0 aliphatic carbocycles. The molecule has 2 N–H and O–H groups in total. The highest BCUT2D eigenvalue weighted by molar-refractivity contribution is 9.10. The first-order valence-corrected chi connectivity index (χ1v) is 13.0. The van der Waals surface area contributed by atoms with Crippen LogP contribution in [0.2, 0.25) is 0 Å². The van der Waals surface area contributed by atoms with Crippen molar-refractivity contribution in [1.29, 1.82) is 0 Å². The van der Waals surface area contributed by atoms with Gasteiger partial charge in [0.2, 0.25) is 0 Å². The topological polar surface area (TPSA) is 93.5 Å². The average molecular weight is 578 g/mol. The van der Waals surface area contributed by atoms with Crippen LogP contribution in [-0.2, 0) is 9.59 Å². The zero-order valence-corrected chi connectivity index (χ0v) is 22.7. The first-order chi connectivity index (χ1) is 18.3. The molecule has 1 atom stereocenters. The van der Waals surface area contributed by atoms with E-state index in [1.54, 1.807) is 30.3 Å². The van der Waals surface area contributed by atoms with E-state index >= 15 is 0 Å². The Labute approximate surface area is 229 Å². The lowest BCUT2D eigenvalue weighted by Gasteiger charge is -2.34. The summed E-state index contributed by atoms with van der Waals surface area (Å²) in [6.45, 7) is 3.76. The Kier molecular flexibility index (Phi) is 7.14. The molecule has 0 aromatic heterocycles. The van der Waals surface area contributed by atoms with Crippen molar-refractivity contribution in [2.24, 2.45) is 0 Å². The Bertz CT molecular complexity index is 1400. The van der Waals surface area contributed by atoms with Crippen LogP contribution < -0.4 is 14.5 Å². The molecule has 2 fully saturated rings. The third-order valence-electron chi connectivity index (χ3n) is 7.07. The lowest BCUT2D eigenvalue weighted by molar-refractivity contribution is -0.132. The van der Waals surface area contributed by atoms with Crippen molar-refractivity contribution in [1.82, 2.24) is 4.90 Å². The number of phenols is 1. The molecule has 2 aliphatic heterocycles. The van der Waals surface area contributed by atoms with Gasteiger partial charge in [-0.2, -0.15) is 0 Å². The second-order valence-electron chi connectivity index (χ2n) is 9.42. The number of likely N-dealkylation sites (N-methyl/N-ethyl adjacent to an activating group) is 1. The summed E-state index contributed by atoms with van der Waals surface area (Å²) >= 11 is 3.42. The van der Waals surface area contributed by atoms with Crippen LogP contribution in [0.15, 0.2) is 76.8 Å². The van der Waals surface area contributed by atoms with Crippen molar-refractivity contribution in [2.75, 3.05) is 50.1 Å². The summed E-state index contributed by atoms with van der Waals surface area (Å²) in [6, 6.07) is 17.9. The van der Waals surface area contributed by atoms with Gasteiger partial charge in [-0.05, 0) is 83.1 Å². The fourth-order valence-electron chi connectivity index (χ4n) is 4.93. The van der Waals surface area contributed by atoms with Gasteiger partial charge < -0.3 is 24.7 Å². The number of aliphatic hydroxyl groups excluding tert-OH is 1. The number of hydrogen-bond donors (Lipinski definition) is 2. The predicted octanol–water partition coefficient (Wildman–Crippen LogP) is 4.54. The van der Waals surface area contributed by atoms with Crippen LogP contribution in [0, 0.1) is 0 Å². The fraction of sp³-hybridized carbons (Fsp3) is 0.241. The highest BCUT2D eigenvalue weighted by Crippen LogP contribution is 2.43. The maximum absolute atomic E-state index is 13.4. The van der Waals surface area contributed by atoms with E-state index in [1.165, 1.54) is 24.1 Å². The number of carbonyl (C=O) groups is 2. The summed E-state index contributed by atoms with van der Waals surface area (Å²) in [5, 5.41) is 21.2. The molecule has 8 nitrogen and oxygen atoms in total. The van der Waals surface area contributed by atoms with Crippen LogP contribution in [0.1, 0.15) is 17.2 Å². The second-order valence-corrected chi connectivity index (χ2v) is 10.3. The molecular formula is C29H28BrN3O5. The van der Waals surface area contributed by atoms with Gasteiger partial charge in [0.1, 0.15) is 17.3 Å². The van der Waals surface area contributed by atoms with Gasteiger partial charge in [0.15, 0.2) is 0 Å². The van der Waals surface area contributed by atoms with E-state index in [1.807, 2.05) is 24.3 Å². The van der Waals surface area contributed by atoms with Gasteiger partial charge in [0, 0.05) is 43.1 Å². The molecule has 38 heavy (non-hydrogen) atoms. The number of aromatic hydroxyl groups is 1. The molecular weight excluding hydrogens is 550 g/mol. The van der Waals surface area contributed by atoms with Crippen molar-refractivity contribution >= 4 is 44.8 Å².